The minimum atomic E-state index is -1.00. The number of fused-ring (bicyclic) bond motifs is 2. The van der Waals surface area contributed by atoms with Crippen molar-refractivity contribution in [2.75, 3.05) is 6.54 Å². The van der Waals surface area contributed by atoms with Gasteiger partial charge in [-0.25, -0.2) is 4.39 Å². The molecule has 0 spiro atoms. The summed E-state index contributed by atoms with van der Waals surface area (Å²) < 4.78 is 14.6. The zero-order valence-electron chi connectivity index (χ0n) is 9.42. The normalized spacial score (nSPS) is 43.2. The van der Waals surface area contributed by atoms with Gasteiger partial charge in [0.15, 0.2) is 0 Å². The van der Waals surface area contributed by atoms with Gasteiger partial charge in [0.1, 0.15) is 5.67 Å². The molecule has 3 saturated carbocycles. The van der Waals surface area contributed by atoms with Crippen LogP contribution in [0.25, 0.3) is 0 Å². The van der Waals surface area contributed by atoms with Gasteiger partial charge in [-0.2, -0.15) is 0 Å². The van der Waals surface area contributed by atoms with E-state index in [2.05, 4.69) is 0 Å². The maximum absolute atomic E-state index is 14.6. The first-order valence-electron chi connectivity index (χ1n) is 6.60. The molecule has 2 heteroatoms. The van der Waals surface area contributed by atoms with Crippen molar-refractivity contribution in [2.45, 2.75) is 50.6 Å². The second-order valence-electron chi connectivity index (χ2n) is 6.15. The van der Waals surface area contributed by atoms with Gasteiger partial charge < -0.3 is 5.73 Å². The molecule has 0 aliphatic heterocycles. The molecule has 86 valence electrons. The predicted molar refractivity (Wildman–Crippen MR) is 59.2 cm³/mol. The summed E-state index contributed by atoms with van der Waals surface area (Å²) in [5, 5.41) is 0. The summed E-state index contributed by atoms with van der Waals surface area (Å²) in [5.74, 6) is 2.75. The molecule has 3 fully saturated rings. The fraction of sp³-hybridized carbons (Fsp3) is 1.00. The van der Waals surface area contributed by atoms with Gasteiger partial charge in [0.2, 0.25) is 0 Å². The fourth-order valence-corrected chi connectivity index (χ4v) is 4.08. The first kappa shape index (κ1) is 10.1. The SMILES string of the molecule is NCC(F)(CC1CC2CCC1C2)C1CC1. The summed E-state index contributed by atoms with van der Waals surface area (Å²) in [5.41, 5.74) is 4.64. The summed E-state index contributed by atoms with van der Waals surface area (Å²) >= 11 is 0. The Morgan fingerprint density at radius 3 is 2.40 bits per heavy atom. The highest BCUT2D eigenvalue weighted by atomic mass is 19.1. The Bertz CT molecular complexity index is 251. The number of halogens is 1. The molecule has 4 atom stereocenters. The molecule has 0 saturated heterocycles. The summed E-state index contributed by atoms with van der Waals surface area (Å²) in [6.45, 7) is 0.256. The molecule has 2 bridgehead atoms. The molecule has 0 amide bonds. The number of nitrogens with two attached hydrogens (primary N) is 1. The maximum Gasteiger partial charge on any atom is 0.126 e. The van der Waals surface area contributed by atoms with Gasteiger partial charge >= 0.3 is 0 Å². The second-order valence-corrected chi connectivity index (χ2v) is 6.15. The molecule has 3 aliphatic carbocycles. The van der Waals surface area contributed by atoms with Gasteiger partial charge in [-0.05, 0) is 62.2 Å². The average molecular weight is 211 g/mol. The lowest BCUT2D eigenvalue weighted by Crippen LogP contribution is -2.38. The Hall–Kier alpha value is -0.110. The van der Waals surface area contributed by atoms with Crippen molar-refractivity contribution in [3.63, 3.8) is 0 Å². The van der Waals surface area contributed by atoms with Gasteiger partial charge in [0, 0.05) is 6.54 Å². The van der Waals surface area contributed by atoms with Crippen molar-refractivity contribution in [3.05, 3.63) is 0 Å². The molecule has 3 aliphatic rings. The van der Waals surface area contributed by atoms with Crippen LogP contribution in [0.4, 0.5) is 4.39 Å². The molecule has 0 aromatic heterocycles. The molecule has 0 aromatic carbocycles. The Balaban J connectivity index is 1.64. The maximum atomic E-state index is 14.6. The highest BCUT2D eigenvalue weighted by Gasteiger charge is 2.49. The standard InChI is InChI=1S/C13H22FN/c14-13(8-15,12-3-4-12)7-11-6-9-1-2-10(11)5-9/h9-12H,1-8,15H2. The molecule has 0 heterocycles. The van der Waals surface area contributed by atoms with Crippen LogP contribution in [0.5, 0.6) is 0 Å². The zero-order chi connectivity index (χ0) is 10.5. The highest BCUT2D eigenvalue weighted by molar-refractivity contribution is 5.00. The summed E-state index contributed by atoms with van der Waals surface area (Å²) in [6.07, 6.45) is 8.38. The van der Waals surface area contributed by atoms with E-state index < -0.39 is 5.67 Å². The zero-order valence-corrected chi connectivity index (χ0v) is 9.42. The fourth-order valence-electron chi connectivity index (χ4n) is 4.08. The molecule has 2 N–H and O–H groups in total. The largest absolute Gasteiger partial charge is 0.328 e. The van der Waals surface area contributed by atoms with Gasteiger partial charge in [-0.15, -0.1) is 0 Å². The van der Waals surface area contributed by atoms with Crippen molar-refractivity contribution in [1.29, 1.82) is 0 Å². The molecule has 0 aromatic rings. The first-order valence-corrected chi connectivity index (χ1v) is 6.60. The molecular formula is C13H22FN. The van der Waals surface area contributed by atoms with Gasteiger partial charge in [-0.1, -0.05) is 6.42 Å². The van der Waals surface area contributed by atoms with E-state index in [-0.39, 0.29) is 6.54 Å². The van der Waals surface area contributed by atoms with Crippen LogP contribution in [-0.4, -0.2) is 12.2 Å². The first-order chi connectivity index (χ1) is 7.21. The average Bonchev–Trinajstić information content (AvgIpc) is 2.92. The Kier molecular flexibility index (Phi) is 2.31. The van der Waals surface area contributed by atoms with E-state index in [4.69, 9.17) is 5.73 Å². The quantitative estimate of drug-likeness (QED) is 0.760. The van der Waals surface area contributed by atoms with Crippen LogP contribution in [0, 0.1) is 23.7 Å². The van der Waals surface area contributed by atoms with Crippen molar-refractivity contribution in [2.24, 2.45) is 29.4 Å². The molecular weight excluding hydrogens is 189 g/mol. The van der Waals surface area contributed by atoms with Crippen LogP contribution < -0.4 is 5.73 Å². The van der Waals surface area contributed by atoms with Crippen molar-refractivity contribution in [1.82, 2.24) is 0 Å². The Labute approximate surface area is 91.6 Å². The molecule has 4 unspecified atom stereocenters. The van der Waals surface area contributed by atoms with E-state index >= 15 is 0 Å². The van der Waals surface area contributed by atoms with E-state index in [9.17, 15) is 4.39 Å². The third kappa shape index (κ3) is 1.71. The Morgan fingerprint density at radius 2 is 1.93 bits per heavy atom. The van der Waals surface area contributed by atoms with Crippen LogP contribution in [0.15, 0.2) is 0 Å². The van der Waals surface area contributed by atoms with Gasteiger partial charge in [0.25, 0.3) is 0 Å². The molecule has 1 nitrogen and oxygen atoms in total. The third-order valence-corrected chi connectivity index (χ3v) is 5.13. The van der Waals surface area contributed by atoms with E-state index in [1.54, 1.807) is 0 Å². The van der Waals surface area contributed by atoms with Crippen LogP contribution >= 0.6 is 0 Å². The molecule has 15 heavy (non-hydrogen) atoms. The van der Waals surface area contributed by atoms with Crippen LogP contribution in [0.3, 0.4) is 0 Å². The van der Waals surface area contributed by atoms with Crippen molar-refractivity contribution in [3.8, 4) is 0 Å². The predicted octanol–water partition coefficient (Wildman–Crippen LogP) is 2.89. The van der Waals surface area contributed by atoms with Crippen LogP contribution in [0.2, 0.25) is 0 Å². The van der Waals surface area contributed by atoms with E-state index in [1.165, 1.54) is 25.7 Å². The summed E-state index contributed by atoms with van der Waals surface area (Å²) in [7, 11) is 0. The van der Waals surface area contributed by atoms with E-state index in [0.717, 1.165) is 31.1 Å². The van der Waals surface area contributed by atoms with Gasteiger partial charge in [-0.3, -0.25) is 0 Å². The van der Waals surface area contributed by atoms with Crippen molar-refractivity contribution >= 4 is 0 Å². The number of hydrogen-bond acceptors (Lipinski definition) is 1. The number of rotatable bonds is 4. The molecule has 0 radical (unpaired) electrons. The lowest BCUT2D eigenvalue weighted by molar-refractivity contribution is 0.0883. The smallest absolute Gasteiger partial charge is 0.126 e. The Morgan fingerprint density at radius 1 is 1.13 bits per heavy atom. The molecule has 3 rings (SSSR count). The van der Waals surface area contributed by atoms with Crippen LogP contribution in [-0.2, 0) is 0 Å². The third-order valence-electron chi connectivity index (χ3n) is 5.13. The second kappa shape index (κ2) is 3.44. The minimum absolute atomic E-state index is 0.256. The summed E-state index contributed by atoms with van der Waals surface area (Å²) in [6, 6.07) is 0. The summed E-state index contributed by atoms with van der Waals surface area (Å²) in [4.78, 5) is 0. The van der Waals surface area contributed by atoms with Crippen LogP contribution in [0.1, 0.15) is 44.9 Å². The van der Waals surface area contributed by atoms with E-state index in [1.807, 2.05) is 0 Å². The highest BCUT2D eigenvalue weighted by Crippen LogP contribution is 2.54. The topological polar surface area (TPSA) is 26.0 Å². The lowest BCUT2D eigenvalue weighted by atomic mass is 9.79. The van der Waals surface area contributed by atoms with E-state index in [0.29, 0.717) is 11.8 Å². The van der Waals surface area contributed by atoms with Gasteiger partial charge in [0.05, 0.1) is 0 Å². The number of hydrogen-bond donors (Lipinski definition) is 1. The number of alkyl halides is 1. The lowest BCUT2D eigenvalue weighted by Gasteiger charge is -2.31. The van der Waals surface area contributed by atoms with Crippen molar-refractivity contribution < 1.29 is 4.39 Å². The minimum Gasteiger partial charge on any atom is -0.328 e. The monoisotopic (exact) mass is 211 g/mol.